The molecule has 1 N–H and O–H groups in total. The molecule has 0 radical (unpaired) electrons. The predicted molar refractivity (Wildman–Crippen MR) is 120 cm³/mol. The second-order valence-corrected chi connectivity index (χ2v) is 8.51. The third-order valence-electron chi connectivity index (χ3n) is 5.12. The number of nitrogens with zero attached hydrogens (tertiary/aromatic N) is 3. The van der Waals surface area contributed by atoms with Crippen molar-refractivity contribution in [3.63, 3.8) is 0 Å². The molecule has 1 aliphatic rings. The quantitative estimate of drug-likeness (QED) is 0.520. The molecule has 1 atom stereocenters. The van der Waals surface area contributed by atoms with Crippen LogP contribution in [0.25, 0.3) is 11.4 Å². The lowest BCUT2D eigenvalue weighted by Gasteiger charge is -2.13. The maximum absolute atomic E-state index is 13.2. The molecule has 0 bridgehead atoms. The highest BCUT2D eigenvalue weighted by Gasteiger charge is 2.22. The maximum atomic E-state index is 13.2. The normalized spacial score (nSPS) is 14.7. The second-order valence-electron chi connectivity index (χ2n) is 7.57. The first-order valence-electron chi connectivity index (χ1n) is 10.4. The number of amides is 1. The highest BCUT2D eigenvalue weighted by atomic mass is 32.2. The van der Waals surface area contributed by atoms with Gasteiger partial charge in [-0.15, -0.1) is 10.2 Å². The number of benzene rings is 2. The number of aromatic nitrogens is 3. The molecule has 1 aliphatic heterocycles. The zero-order valence-electron chi connectivity index (χ0n) is 18.2. The van der Waals surface area contributed by atoms with Crippen LogP contribution in [-0.4, -0.2) is 39.1 Å². The van der Waals surface area contributed by atoms with Crippen LogP contribution in [0.1, 0.15) is 25.0 Å². The molecule has 32 heavy (non-hydrogen) atoms. The Kier molecular flexibility index (Phi) is 6.64. The van der Waals surface area contributed by atoms with Crippen LogP contribution in [0.15, 0.2) is 41.6 Å². The Morgan fingerprint density at radius 1 is 1.31 bits per heavy atom. The molecule has 7 nitrogen and oxygen atoms in total. The van der Waals surface area contributed by atoms with E-state index in [0.29, 0.717) is 24.1 Å². The fourth-order valence-corrected chi connectivity index (χ4v) is 4.32. The van der Waals surface area contributed by atoms with E-state index in [0.717, 1.165) is 34.6 Å². The average Bonchev–Trinajstić information content (AvgIpc) is 3.32. The summed E-state index contributed by atoms with van der Waals surface area (Å²) in [5.41, 5.74) is 2.77. The van der Waals surface area contributed by atoms with Gasteiger partial charge in [-0.1, -0.05) is 11.8 Å². The van der Waals surface area contributed by atoms with E-state index >= 15 is 0 Å². The zero-order valence-corrected chi connectivity index (χ0v) is 19.0. The summed E-state index contributed by atoms with van der Waals surface area (Å²) in [6.07, 6.45) is 1.00. The molecule has 1 amide bonds. The summed E-state index contributed by atoms with van der Waals surface area (Å²) in [5, 5.41) is 11.9. The van der Waals surface area contributed by atoms with Crippen molar-refractivity contribution in [1.82, 2.24) is 20.1 Å². The summed E-state index contributed by atoms with van der Waals surface area (Å²) in [6, 6.07) is 10.0. The van der Waals surface area contributed by atoms with Crippen LogP contribution in [0.3, 0.4) is 0 Å². The van der Waals surface area contributed by atoms with Gasteiger partial charge in [0.25, 0.3) is 0 Å². The Balaban J connectivity index is 1.36. The van der Waals surface area contributed by atoms with Crippen LogP contribution in [-0.2, 0) is 24.8 Å². The number of halogens is 1. The summed E-state index contributed by atoms with van der Waals surface area (Å²) in [6.45, 7) is 4.87. The van der Waals surface area contributed by atoms with Crippen LogP contribution in [0.4, 0.5) is 4.39 Å². The van der Waals surface area contributed by atoms with Gasteiger partial charge in [0, 0.05) is 36.7 Å². The summed E-state index contributed by atoms with van der Waals surface area (Å²) in [4.78, 5) is 12.5. The standard InChI is InChI=1S/C23H25FN4O3S/c1-4-30-19-10-16-9-14(2)31-20(16)11-17(19)12-25-21(29)13-32-23-27-26-22(28(23)3)15-5-7-18(24)8-6-15/h5-8,10-11,14H,4,9,12-13H2,1-3H3,(H,25,29). The van der Waals surface area contributed by atoms with Crippen LogP contribution in [0.2, 0.25) is 0 Å². The lowest BCUT2D eigenvalue weighted by Crippen LogP contribution is -2.25. The van der Waals surface area contributed by atoms with E-state index in [4.69, 9.17) is 9.47 Å². The maximum Gasteiger partial charge on any atom is 0.230 e. The third kappa shape index (κ3) is 4.88. The first kappa shape index (κ1) is 22.1. The van der Waals surface area contributed by atoms with Gasteiger partial charge < -0.3 is 19.4 Å². The predicted octanol–water partition coefficient (Wildman–Crippen LogP) is 3.75. The summed E-state index contributed by atoms with van der Waals surface area (Å²) in [5.74, 6) is 2.00. The summed E-state index contributed by atoms with van der Waals surface area (Å²) < 4.78 is 26.6. The molecule has 1 unspecified atom stereocenters. The molecule has 3 aromatic rings. The van der Waals surface area contributed by atoms with Crippen molar-refractivity contribution < 1.29 is 18.7 Å². The smallest absolute Gasteiger partial charge is 0.230 e. The van der Waals surface area contributed by atoms with E-state index in [-0.39, 0.29) is 23.6 Å². The Morgan fingerprint density at radius 2 is 2.09 bits per heavy atom. The van der Waals surface area contributed by atoms with Gasteiger partial charge in [-0.3, -0.25) is 4.79 Å². The molecule has 2 heterocycles. The van der Waals surface area contributed by atoms with Crippen molar-refractivity contribution in [2.75, 3.05) is 12.4 Å². The lowest BCUT2D eigenvalue weighted by molar-refractivity contribution is -0.118. The van der Waals surface area contributed by atoms with E-state index in [2.05, 4.69) is 15.5 Å². The average molecular weight is 457 g/mol. The Hall–Kier alpha value is -3.07. The number of rotatable bonds is 8. The van der Waals surface area contributed by atoms with Crippen LogP contribution in [0, 0.1) is 5.82 Å². The molecule has 0 fully saturated rings. The fourth-order valence-electron chi connectivity index (χ4n) is 3.58. The Bertz CT molecular complexity index is 1120. The number of fused-ring (bicyclic) bond motifs is 1. The minimum atomic E-state index is -0.306. The molecular weight excluding hydrogens is 431 g/mol. The monoisotopic (exact) mass is 456 g/mol. The van der Waals surface area contributed by atoms with Crippen molar-refractivity contribution in [2.45, 2.75) is 38.1 Å². The topological polar surface area (TPSA) is 78.3 Å². The lowest BCUT2D eigenvalue weighted by atomic mass is 10.1. The minimum absolute atomic E-state index is 0.126. The zero-order chi connectivity index (χ0) is 22.7. The first-order valence-corrected chi connectivity index (χ1v) is 11.4. The van der Waals surface area contributed by atoms with E-state index in [1.165, 1.54) is 23.9 Å². The van der Waals surface area contributed by atoms with Gasteiger partial charge in [0.2, 0.25) is 5.91 Å². The molecule has 4 rings (SSSR count). The SMILES string of the molecule is CCOc1cc2c(cc1CNC(=O)CSc1nnc(-c3ccc(F)cc3)n1C)OC(C)C2. The Morgan fingerprint density at radius 3 is 2.84 bits per heavy atom. The number of thioether (sulfide) groups is 1. The van der Waals surface area contributed by atoms with Gasteiger partial charge in [-0.25, -0.2) is 4.39 Å². The van der Waals surface area contributed by atoms with E-state index in [1.807, 2.05) is 33.0 Å². The molecule has 0 spiro atoms. The van der Waals surface area contributed by atoms with Gasteiger partial charge in [0.05, 0.1) is 12.4 Å². The van der Waals surface area contributed by atoms with Gasteiger partial charge in [0.15, 0.2) is 11.0 Å². The van der Waals surface area contributed by atoms with Gasteiger partial charge in [0.1, 0.15) is 23.4 Å². The molecule has 0 saturated carbocycles. The van der Waals surface area contributed by atoms with Crippen molar-refractivity contribution in [1.29, 1.82) is 0 Å². The number of hydrogen-bond acceptors (Lipinski definition) is 6. The highest BCUT2D eigenvalue weighted by Crippen LogP contribution is 2.35. The molecule has 0 saturated heterocycles. The molecule has 9 heteroatoms. The van der Waals surface area contributed by atoms with Crippen molar-refractivity contribution in [3.8, 4) is 22.9 Å². The van der Waals surface area contributed by atoms with Crippen molar-refractivity contribution >= 4 is 17.7 Å². The number of ether oxygens (including phenoxy) is 2. The summed E-state index contributed by atoms with van der Waals surface area (Å²) in [7, 11) is 1.82. The molecular formula is C23H25FN4O3S. The van der Waals surface area contributed by atoms with Gasteiger partial charge >= 0.3 is 0 Å². The van der Waals surface area contributed by atoms with Crippen LogP contribution >= 0.6 is 11.8 Å². The molecule has 2 aromatic carbocycles. The summed E-state index contributed by atoms with van der Waals surface area (Å²) >= 11 is 1.29. The number of hydrogen-bond donors (Lipinski definition) is 1. The minimum Gasteiger partial charge on any atom is -0.494 e. The third-order valence-corrected chi connectivity index (χ3v) is 6.14. The molecule has 0 aliphatic carbocycles. The van der Waals surface area contributed by atoms with Gasteiger partial charge in [-0.05, 0) is 50.2 Å². The largest absolute Gasteiger partial charge is 0.494 e. The van der Waals surface area contributed by atoms with E-state index in [9.17, 15) is 9.18 Å². The van der Waals surface area contributed by atoms with Crippen LogP contribution < -0.4 is 14.8 Å². The Labute approximate surface area is 190 Å². The van der Waals surface area contributed by atoms with E-state index in [1.54, 1.807) is 16.7 Å². The fraction of sp³-hybridized carbons (Fsp3) is 0.348. The number of carbonyl (C=O) groups is 1. The van der Waals surface area contributed by atoms with Gasteiger partial charge in [-0.2, -0.15) is 0 Å². The number of nitrogens with one attached hydrogen (secondary N) is 1. The van der Waals surface area contributed by atoms with E-state index < -0.39 is 0 Å². The van der Waals surface area contributed by atoms with Crippen molar-refractivity contribution in [3.05, 3.63) is 53.3 Å². The van der Waals surface area contributed by atoms with Crippen molar-refractivity contribution in [2.24, 2.45) is 7.05 Å². The second kappa shape index (κ2) is 9.60. The highest BCUT2D eigenvalue weighted by molar-refractivity contribution is 7.99. The first-order chi connectivity index (χ1) is 15.4. The molecule has 1 aromatic heterocycles. The number of carbonyl (C=O) groups excluding carboxylic acids is 1. The van der Waals surface area contributed by atoms with Crippen LogP contribution in [0.5, 0.6) is 11.5 Å². The molecule has 168 valence electrons.